The van der Waals surface area contributed by atoms with Crippen LogP contribution in [0.4, 0.5) is 0 Å². The fraction of sp³-hybridized carbons (Fsp3) is 0.700. The molecule has 1 heterocycles. The lowest BCUT2D eigenvalue weighted by molar-refractivity contribution is -0.129. The first-order valence-corrected chi connectivity index (χ1v) is 6.82. The first-order chi connectivity index (χ1) is 6.99. The quantitative estimate of drug-likeness (QED) is 0.666. The van der Waals surface area contributed by atoms with Crippen LogP contribution in [-0.2, 0) is 14.6 Å². The van der Waals surface area contributed by atoms with Crippen molar-refractivity contribution in [3.8, 4) is 0 Å². The topological polar surface area (TPSA) is 54.5 Å². The summed E-state index contributed by atoms with van der Waals surface area (Å²) in [5, 5.41) is -0.936. The van der Waals surface area contributed by atoms with Crippen LogP contribution in [0.2, 0.25) is 0 Å². The van der Waals surface area contributed by atoms with Crippen LogP contribution in [0, 0.1) is 0 Å². The van der Waals surface area contributed by atoms with E-state index in [2.05, 4.69) is 6.58 Å². The van der Waals surface area contributed by atoms with E-state index >= 15 is 0 Å². The zero-order valence-electron chi connectivity index (χ0n) is 8.98. The molecule has 1 atom stereocenters. The third kappa shape index (κ3) is 2.81. The average molecular weight is 231 g/mol. The molecule has 1 saturated heterocycles. The molecule has 0 aromatic rings. The van der Waals surface area contributed by atoms with Gasteiger partial charge in [-0.1, -0.05) is 6.08 Å². The number of sulfone groups is 1. The Morgan fingerprint density at radius 3 is 2.47 bits per heavy atom. The zero-order chi connectivity index (χ0) is 11.5. The van der Waals surface area contributed by atoms with Crippen molar-refractivity contribution < 1.29 is 13.2 Å². The number of nitrogens with zero attached hydrogens (tertiary/aromatic N) is 1. The second-order valence-electron chi connectivity index (χ2n) is 3.79. The van der Waals surface area contributed by atoms with E-state index in [0.717, 1.165) is 12.8 Å². The Kier molecular flexibility index (Phi) is 3.90. The third-order valence-electron chi connectivity index (χ3n) is 2.65. The van der Waals surface area contributed by atoms with Crippen LogP contribution in [0.15, 0.2) is 12.7 Å². The van der Waals surface area contributed by atoms with Crippen molar-refractivity contribution in [2.45, 2.75) is 25.0 Å². The second-order valence-corrected chi connectivity index (χ2v) is 6.16. The van der Waals surface area contributed by atoms with Crippen LogP contribution in [0.25, 0.3) is 0 Å². The van der Waals surface area contributed by atoms with Crippen LogP contribution in [-0.4, -0.2) is 43.3 Å². The van der Waals surface area contributed by atoms with Gasteiger partial charge in [-0.3, -0.25) is 4.79 Å². The summed E-state index contributed by atoms with van der Waals surface area (Å²) in [5.74, 6) is -0.400. The second kappa shape index (κ2) is 4.79. The Morgan fingerprint density at radius 1 is 1.47 bits per heavy atom. The first-order valence-electron chi connectivity index (χ1n) is 5.10. The molecule has 1 unspecified atom stereocenters. The van der Waals surface area contributed by atoms with Crippen molar-refractivity contribution in [2.24, 2.45) is 0 Å². The molecule has 5 heteroatoms. The van der Waals surface area contributed by atoms with Gasteiger partial charge in [0.25, 0.3) is 0 Å². The van der Waals surface area contributed by atoms with Crippen molar-refractivity contribution in [1.82, 2.24) is 4.90 Å². The summed E-state index contributed by atoms with van der Waals surface area (Å²) in [5.41, 5.74) is 0. The molecule has 1 amide bonds. The Hall–Kier alpha value is -0.840. The number of carbonyl (C=O) groups is 1. The fourth-order valence-electron chi connectivity index (χ4n) is 1.66. The van der Waals surface area contributed by atoms with E-state index in [1.54, 1.807) is 4.90 Å². The van der Waals surface area contributed by atoms with Crippen molar-refractivity contribution in [3.05, 3.63) is 12.7 Å². The summed E-state index contributed by atoms with van der Waals surface area (Å²) in [7, 11) is -3.36. The molecular weight excluding hydrogens is 214 g/mol. The highest BCUT2D eigenvalue weighted by Crippen LogP contribution is 2.13. The molecular formula is C10H17NO3S. The zero-order valence-corrected chi connectivity index (χ0v) is 9.79. The van der Waals surface area contributed by atoms with Crippen molar-refractivity contribution in [3.63, 3.8) is 0 Å². The van der Waals surface area contributed by atoms with Crippen LogP contribution >= 0.6 is 0 Å². The Balaban J connectivity index is 2.70. The summed E-state index contributed by atoms with van der Waals surface area (Å²) in [6.45, 7) is 6.21. The maximum atomic E-state index is 11.8. The van der Waals surface area contributed by atoms with Gasteiger partial charge in [-0.25, -0.2) is 8.42 Å². The van der Waals surface area contributed by atoms with Gasteiger partial charge in [-0.15, -0.1) is 6.58 Å². The monoisotopic (exact) mass is 231 g/mol. The lowest BCUT2D eigenvalue weighted by atomic mass is 10.4. The molecule has 1 aliphatic heterocycles. The molecule has 0 aliphatic carbocycles. The summed E-state index contributed by atoms with van der Waals surface area (Å²) in [6, 6.07) is 0. The van der Waals surface area contributed by atoms with Crippen LogP contribution in [0.1, 0.15) is 19.8 Å². The maximum Gasteiger partial charge on any atom is 0.240 e. The summed E-state index contributed by atoms with van der Waals surface area (Å²) < 4.78 is 23.2. The minimum Gasteiger partial charge on any atom is -0.342 e. The Labute approximate surface area is 90.9 Å². The van der Waals surface area contributed by atoms with Gasteiger partial charge in [0.1, 0.15) is 5.25 Å². The van der Waals surface area contributed by atoms with Crippen LogP contribution in [0.3, 0.4) is 0 Å². The Morgan fingerprint density at radius 2 is 2.00 bits per heavy atom. The van der Waals surface area contributed by atoms with Gasteiger partial charge in [-0.2, -0.15) is 0 Å². The van der Waals surface area contributed by atoms with Gasteiger partial charge in [0.05, 0.1) is 5.75 Å². The molecule has 1 fully saturated rings. The van der Waals surface area contributed by atoms with Gasteiger partial charge in [0, 0.05) is 13.1 Å². The minimum absolute atomic E-state index is 0.131. The standard InChI is InChI=1S/C10H17NO3S/c1-3-8-15(13,14)9(2)10(12)11-6-4-5-7-11/h3,9H,1,4-8H2,2H3. The van der Waals surface area contributed by atoms with E-state index in [-0.39, 0.29) is 11.7 Å². The highest BCUT2D eigenvalue weighted by Gasteiger charge is 2.31. The normalized spacial score (nSPS) is 18.9. The van der Waals surface area contributed by atoms with E-state index in [0.29, 0.717) is 13.1 Å². The van der Waals surface area contributed by atoms with Gasteiger partial charge in [-0.05, 0) is 19.8 Å². The molecule has 1 aliphatic rings. The summed E-state index contributed by atoms with van der Waals surface area (Å²) >= 11 is 0. The smallest absolute Gasteiger partial charge is 0.240 e. The van der Waals surface area contributed by atoms with Crippen molar-refractivity contribution in [1.29, 1.82) is 0 Å². The molecule has 0 spiro atoms. The molecule has 0 N–H and O–H groups in total. The number of hydrogen-bond acceptors (Lipinski definition) is 3. The van der Waals surface area contributed by atoms with E-state index in [9.17, 15) is 13.2 Å². The lowest BCUT2D eigenvalue weighted by Gasteiger charge is -2.19. The number of hydrogen-bond donors (Lipinski definition) is 0. The molecule has 0 aromatic heterocycles. The maximum absolute atomic E-state index is 11.8. The number of rotatable bonds is 4. The van der Waals surface area contributed by atoms with Crippen molar-refractivity contribution in [2.75, 3.05) is 18.8 Å². The predicted molar refractivity (Wildman–Crippen MR) is 59.3 cm³/mol. The Bertz CT molecular complexity index is 342. The van der Waals surface area contributed by atoms with Gasteiger partial charge in [0.15, 0.2) is 9.84 Å². The van der Waals surface area contributed by atoms with E-state index in [1.807, 2.05) is 0 Å². The van der Waals surface area contributed by atoms with Gasteiger partial charge < -0.3 is 4.90 Å². The third-order valence-corrected chi connectivity index (χ3v) is 4.63. The lowest BCUT2D eigenvalue weighted by Crippen LogP contribution is -2.40. The molecule has 86 valence electrons. The predicted octanol–water partition coefficient (Wildman–Crippen LogP) is 0.598. The number of carbonyl (C=O) groups excluding carboxylic acids is 1. The molecule has 4 nitrogen and oxygen atoms in total. The molecule has 15 heavy (non-hydrogen) atoms. The number of likely N-dealkylation sites (tertiary alicyclic amines) is 1. The molecule has 0 radical (unpaired) electrons. The highest BCUT2D eigenvalue weighted by atomic mass is 32.2. The highest BCUT2D eigenvalue weighted by molar-refractivity contribution is 7.92. The molecule has 1 rings (SSSR count). The SMILES string of the molecule is C=CCS(=O)(=O)C(C)C(=O)N1CCCC1. The molecule has 0 bridgehead atoms. The van der Waals surface area contributed by atoms with Gasteiger partial charge >= 0.3 is 0 Å². The minimum atomic E-state index is -3.36. The first kappa shape index (κ1) is 12.2. The van der Waals surface area contributed by atoms with Crippen LogP contribution < -0.4 is 0 Å². The summed E-state index contributed by atoms with van der Waals surface area (Å²) in [6.07, 6.45) is 3.27. The summed E-state index contributed by atoms with van der Waals surface area (Å²) in [4.78, 5) is 13.4. The molecule has 0 aromatic carbocycles. The van der Waals surface area contributed by atoms with Crippen LogP contribution in [0.5, 0.6) is 0 Å². The van der Waals surface area contributed by atoms with Crippen molar-refractivity contribution >= 4 is 15.7 Å². The van der Waals surface area contributed by atoms with Gasteiger partial charge in [0.2, 0.25) is 5.91 Å². The van der Waals surface area contributed by atoms with E-state index in [1.165, 1.54) is 13.0 Å². The van der Waals surface area contributed by atoms with E-state index in [4.69, 9.17) is 0 Å². The molecule has 0 saturated carbocycles. The van der Waals surface area contributed by atoms with E-state index < -0.39 is 15.1 Å². The average Bonchev–Trinajstić information content (AvgIpc) is 2.68. The fourth-order valence-corrected chi connectivity index (χ4v) is 2.73. The largest absolute Gasteiger partial charge is 0.342 e. The number of amides is 1.